The number of alkyl halides is 6. The zero-order valence-electron chi connectivity index (χ0n) is 21.0. The van der Waals surface area contributed by atoms with Crippen molar-refractivity contribution >= 4 is 45.2 Å². The fraction of sp³-hybridized carbons (Fsp3) is 0.292. The van der Waals surface area contributed by atoms with Crippen LogP contribution in [0.4, 0.5) is 49.2 Å². The van der Waals surface area contributed by atoms with Crippen LogP contribution in [-0.2, 0) is 20.6 Å². The molecule has 39 heavy (non-hydrogen) atoms. The second-order valence-electron chi connectivity index (χ2n) is 9.03. The highest BCUT2D eigenvalue weighted by Crippen LogP contribution is 2.41. The Labute approximate surface area is 220 Å². The van der Waals surface area contributed by atoms with Crippen molar-refractivity contribution in [1.82, 2.24) is 4.98 Å². The summed E-state index contributed by atoms with van der Waals surface area (Å²) in [5, 5.41) is 4.19. The maximum absolute atomic E-state index is 13.8. The number of sulfone groups is 1. The number of benzene rings is 2. The van der Waals surface area contributed by atoms with E-state index < -0.39 is 51.8 Å². The van der Waals surface area contributed by atoms with Gasteiger partial charge in [-0.3, -0.25) is 0 Å². The number of halogens is 6. The SMILES string of the molecule is CC(C)S(=O)(=O)c1ccccc1Nc1cc(Nc2ccc(P(C)(C)=O)cc2OC(F)(F)F)ncc1C(F)(F)F. The standard InChI is InChI=1S/C24H24F6N3O4PS/c1-14(2)39(35,36)21-8-6-5-7-18(21)32-19-12-22(31-13-16(19)23(25,26)27)33-17-10-9-15(38(3,4)34)11-20(17)37-24(28,29)30/h5-14H,1-4H3,(H2,31,32,33). The molecule has 1 heterocycles. The summed E-state index contributed by atoms with van der Waals surface area (Å²) in [7, 11) is -6.88. The van der Waals surface area contributed by atoms with Crippen molar-refractivity contribution in [3.8, 4) is 5.75 Å². The molecule has 3 rings (SSSR count). The van der Waals surface area contributed by atoms with E-state index in [-0.39, 0.29) is 27.4 Å². The van der Waals surface area contributed by atoms with Crippen LogP contribution in [0, 0.1) is 0 Å². The minimum Gasteiger partial charge on any atom is -0.404 e. The summed E-state index contributed by atoms with van der Waals surface area (Å²) in [6.45, 7) is 5.53. The number of nitrogens with one attached hydrogen (secondary N) is 2. The van der Waals surface area contributed by atoms with E-state index in [1.165, 1.54) is 57.5 Å². The summed E-state index contributed by atoms with van der Waals surface area (Å²) >= 11 is 0. The fourth-order valence-electron chi connectivity index (χ4n) is 3.37. The molecule has 1 aromatic heterocycles. The molecule has 15 heteroatoms. The molecule has 7 nitrogen and oxygen atoms in total. The molecule has 0 bridgehead atoms. The number of para-hydroxylation sites is 1. The van der Waals surface area contributed by atoms with Crippen molar-refractivity contribution in [3.63, 3.8) is 0 Å². The lowest BCUT2D eigenvalue weighted by Gasteiger charge is -2.20. The molecule has 2 N–H and O–H groups in total. The second-order valence-corrected chi connectivity index (χ2v) is 14.7. The highest BCUT2D eigenvalue weighted by atomic mass is 32.2. The van der Waals surface area contributed by atoms with Gasteiger partial charge in [0.2, 0.25) is 0 Å². The fourth-order valence-corrected chi connectivity index (χ4v) is 5.43. The van der Waals surface area contributed by atoms with Gasteiger partial charge in [-0.2, -0.15) is 13.2 Å². The van der Waals surface area contributed by atoms with Crippen LogP contribution in [0.1, 0.15) is 19.4 Å². The monoisotopic (exact) mass is 595 g/mol. The molecule has 0 saturated carbocycles. The van der Waals surface area contributed by atoms with Crippen molar-refractivity contribution in [3.05, 3.63) is 60.3 Å². The second kappa shape index (κ2) is 10.7. The minimum absolute atomic E-state index is 0.0815. The van der Waals surface area contributed by atoms with Gasteiger partial charge in [-0.1, -0.05) is 12.1 Å². The summed E-state index contributed by atoms with van der Waals surface area (Å²) in [4.78, 5) is 3.43. The van der Waals surface area contributed by atoms with Gasteiger partial charge in [0.15, 0.2) is 15.6 Å². The molecule has 0 fully saturated rings. The van der Waals surface area contributed by atoms with Crippen LogP contribution in [0.5, 0.6) is 5.75 Å². The van der Waals surface area contributed by atoms with E-state index in [4.69, 9.17) is 0 Å². The van der Waals surface area contributed by atoms with E-state index in [2.05, 4.69) is 20.4 Å². The summed E-state index contributed by atoms with van der Waals surface area (Å²) in [5.41, 5.74) is -2.30. The first kappa shape index (κ1) is 30.3. The van der Waals surface area contributed by atoms with E-state index in [1.54, 1.807) is 0 Å². The van der Waals surface area contributed by atoms with Crippen molar-refractivity contribution < 1.29 is 44.1 Å². The van der Waals surface area contributed by atoms with Gasteiger partial charge in [0.25, 0.3) is 0 Å². The zero-order chi connectivity index (χ0) is 29.4. The van der Waals surface area contributed by atoms with Gasteiger partial charge in [0.05, 0.1) is 32.8 Å². The lowest BCUT2D eigenvalue weighted by Crippen LogP contribution is -2.19. The first-order valence-corrected chi connectivity index (χ1v) is 15.3. The molecule has 0 aliphatic carbocycles. The average Bonchev–Trinajstić information content (AvgIpc) is 2.78. The number of anilines is 4. The molecule has 0 amide bonds. The summed E-state index contributed by atoms with van der Waals surface area (Å²) < 4.78 is 122. The van der Waals surface area contributed by atoms with Gasteiger partial charge in [-0.05, 0) is 57.5 Å². The lowest BCUT2D eigenvalue weighted by molar-refractivity contribution is -0.274. The highest BCUT2D eigenvalue weighted by Gasteiger charge is 2.36. The van der Waals surface area contributed by atoms with Gasteiger partial charge in [0, 0.05) is 17.6 Å². The molecule has 0 saturated heterocycles. The third kappa shape index (κ3) is 7.45. The van der Waals surface area contributed by atoms with Gasteiger partial charge < -0.3 is 19.9 Å². The van der Waals surface area contributed by atoms with Crippen LogP contribution in [-0.4, -0.2) is 38.3 Å². The number of hydrogen-bond acceptors (Lipinski definition) is 7. The Morgan fingerprint density at radius 1 is 0.897 bits per heavy atom. The number of rotatable bonds is 8. The predicted molar refractivity (Wildman–Crippen MR) is 137 cm³/mol. The van der Waals surface area contributed by atoms with Crippen LogP contribution in [0.25, 0.3) is 0 Å². The lowest BCUT2D eigenvalue weighted by atomic mass is 10.2. The normalized spacial score (nSPS) is 12.9. The van der Waals surface area contributed by atoms with Crippen LogP contribution in [0.2, 0.25) is 0 Å². The molecule has 212 valence electrons. The van der Waals surface area contributed by atoms with Crippen molar-refractivity contribution in [2.24, 2.45) is 0 Å². The number of aromatic nitrogens is 1. The van der Waals surface area contributed by atoms with Gasteiger partial charge in [-0.25, -0.2) is 13.4 Å². The Kier molecular flexibility index (Phi) is 8.33. The molecule has 0 aliphatic heterocycles. The molecular weight excluding hydrogens is 571 g/mol. The molecule has 0 spiro atoms. The predicted octanol–water partition coefficient (Wildman–Crippen LogP) is 6.92. The Bertz CT molecular complexity index is 1520. The number of hydrogen-bond donors (Lipinski definition) is 2. The molecule has 3 aromatic rings. The Morgan fingerprint density at radius 3 is 2.10 bits per heavy atom. The summed E-state index contributed by atoms with van der Waals surface area (Å²) in [6.07, 6.45) is -9.57. The molecule has 0 radical (unpaired) electrons. The maximum Gasteiger partial charge on any atom is 0.573 e. The topological polar surface area (TPSA) is 97.4 Å². The Hall–Kier alpha value is -3.25. The van der Waals surface area contributed by atoms with Crippen LogP contribution in [0.15, 0.2) is 59.6 Å². The number of nitrogens with zero attached hydrogens (tertiary/aromatic N) is 1. The van der Waals surface area contributed by atoms with Crippen LogP contribution < -0.4 is 20.7 Å². The zero-order valence-corrected chi connectivity index (χ0v) is 22.7. The maximum atomic E-state index is 13.8. The summed E-state index contributed by atoms with van der Waals surface area (Å²) in [5.74, 6) is -1.08. The van der Waals surface area contributed by atoms with Crippen LogP contribution >= 0.6 is 7.14 Å². The smallest absolute Gasteiger partial charge is 0.404 e. The van der Waals surface area contributed by atoms with E-state index in [1.807, 2.05) is 0 Å². The molecule has 0 atom stereocenters. The third-order valence-corrected chi connectivity index (χ3v) is 9.10. The molecular formula is C24H24F6N3O4PS. The molecule has 2 aromatic carbocycles. The Morgan fingerprint density at radius 2 is 1.54 bits per heavy atom. The summed E-state index contributed by atoms with van der Waals surface area (Å²) in [6, 6.07) is 9.60. The average molecular weight is 596 g/mol. The minimum atomic E-state index is -5.12. The number of pyridine rings is 1. The van der Waals surface area contributed by atoms with Crippen LogP contribution in [0.3, 0.4) is 0 Å². The number of ether oxygens (including phenoxy) is 1. The highest BCUT2D eigenvalue weighted by molar-refractivity contribution is 7.92. The van der Waals surface area contributed by atoms with Crippen molar-refractivity contribution in [2.75, 3.05) is 24.0 Å². The first-order chi connectivity index (χ1) is 17.8. The van der Waals surface area contributed by atoms with E-state index >= 15 is 0 Å². The van der Waals surface area contributed by atoms with Gasteiger partial charge >= 0.3 is 12.5 Å². The third-order valence-electron chi connectivity index (χ3n) is 5.37. The van der Waals surface area contributed by atoms with Gasteiger partial charge in [0.1, 0.15) is 13.0 Å². The quantitative estimate of drug-likeness (QED) is 0.216. The molecule has 0 unspecified atom stereocenters. The van der Waals surface area contributed by atoms with E-state index in [0.29, 0.717) is 6.20 Å². The Balaban J connectivity index is 2.10. The van der Waals surface area contributed by atoms with Crippen molar-refractivity contribution in [1.29, 1.82) is 0 Å². The first-order valence-electron chi connectivity index (χ1n) is 11.2. The van der Waals surface area contributed by atoms with Gasteiger partial charge in [-0.15, -0.1) is 13.2 Å². The van der Waals surface area contributed by atoms with E-state index in [0.717, 1.165) is 18.2 Å². The van der Waals surface area contributed by atoms with Crippen molar-refractivity contribution in [2.45, 2.75) is 36.5 Å². The molecule has 0 aliphatic rings. The largest absolute Gasteiger partial charge is 0.573 e. The van der Waals surface area contributed by atoms with E-state index in [9.17, 15) is 39.3 Å².